The zero-order chi connectivity index (χ0) is 21.4. The van der Waals surface area contributed by atoms with E-state index < -0.39 is 0 Å². The van der Waals surface area contributed by atoms with Gasteiger partial charge in [0.05, 0.1) is 6.61 Å². The number of carbonyl (C=O) groups is 1. The van der Waals surface area contributed by atoms with Crippen LogP contribution in [0.3, 0.4) is 0 Å². The molecule has 0 aliphatic carbocycles. The predicted molar refractivity (Wildman–Crippen MR) is 131 cm³/mol. The van der Waals surface area contributed by atoms with Crippen LogP contribution in [0.15, 0.2) is 59.5 Å². The Morgan fingerprint density at radius 1 is 0.833 bits per heavy atom. The van der Waals surface area contributed by atoms with Gasteiger partial charge in [0, 0.05) is 10.5 Å². The van der Waals surface area contributed by atoms with Crippen LogP contribution in [-0.4, -0.2) is 18.1 Å². The van der Waals surface area contributed by atoms with E-state index in [-0.39, 0.29) is 5.78 Å². The summed E-state index contributed by atoms with van der Waals surface area (Å²) in [6.45, 7) is 5.19. The Morgan fingerprint density at radius 2 is 1.50 bits per heavy atom. The molecular weight excluding hydrogens is 388 g/mol. The normalized spacial score (nSPS) is 11.1. The number of benzene rings is 2. The van der Waals surface area contributed by atoms with Crippen LogP contribution >= 0.6 is 11.8 Å². The van der Waals surface area contributed by atoms with Crippen molar-refractivity contribution >= 4 is 23.6 Å². The Hall–Kier alpha value is -2.00. The first kappa shape index (κ1) is 24.3. The minimum absolute atomic E-state index is 0.0290. The molecule has 0 fully saturated rings. The Kier molecular flexibility index (Phi) is 12.1. The third kappa shape index (κ3) is 9.67. The summed E-state index contributed by atoms with van der Waals surface area (Å²) in [6.07, 6.45) is 13.7. The van der Waals surface area contributed by atoms with Crippen LogP contribution in [0.1, 0.15) is 81.1 Å². The molecule has 2 rings (SSSR count). The van der Waals surface area contributed by atoms with Gasteiger partial charge < -0.3 is 4.74 Å². The van der Waals surface area contributed by atoms with Crippen LogP contribution in [0, 0.1) is 0 Å². The molecule has 0 aliphatic rings. The van der Waals surface area contributed by atoms with Crippen LogP contribution in [0.4, 0.5) is 0 Å². The first-order valence-corrected chi connectivity index (χ1v) is 12.4. The average Bonchev–Trinajstić information content (AvgIpc) is 2.79. The van der Waals surface area contributed by atoms with E-state index in [0.29, 0.717) is 0 Å². The molecule has 0 saturated carbocycles. The van der Waals surface area contributed by atoms with E-state index in [1.165, 1.54) is 43.4 Å². The number of hydrogen-bond donors (Lipinski definition) is 0. The van der Waals surface area contributed by atoms with Crippen LogP contribution < -0.4 is 4.74 Å². The Balaban J connectivity index is 1.71. The summed E-state index contributed by atoms with van der Waals surface area (Å²) in [5.74, 6) is 2.03. The molecule has 0 radical (unpaired) electrons. The molecule has 0 bridgehead atoms. The molecular formula is C27H36O2S. The largest absolute Gasteiger partial charge is 0.494 e. The minimum Gasteiger partial charge on any atom is -0.494 e. The molecule has 30 heavy (non-hydrogen) atoms. The van der Waals surface area contributed by atoms with Gasteiger partial charge in [0.2, 0.25) is 0 Å². The van der Waals surface area contributed by atoms with Crippen molar-refractivity contribution in [2.45, 2.75) is 70.1 Å². The summed E-state index contributed by atoms with van der Waals surface area (Å²) in [6, 6.07) is 15.8. The summed E-state index contributed by atoms with van der Waals surface area (Å²) in [7, 11) is 0. The standard InChI is InChI=1S/C27H36O2S/c1-3-5-6-7-8-9-10-21-29-25-16-11-23(12-17-25)13-20-27(28)24-14-18-26(19-15-24)30-22-4-2/h11-20H,3-10,21-22H2,1-2H3/b20-13+. The van der Waals surface area contributed by atoms with E-state index in [4.69, 9.17) is 4.74 Å². The molecule has 0 aromatic heterocycles. The van der Waals surface area contributed by atoms with Crippen molar-refractivity contribution in [2.75, 3.05) is 12.4 Å². The highest BCUT2D eigenvalue weighted by atomic mass is 32.2. The number of hydrogen-bond acceptors (Lipinski definition) is 3. The molecule has 0 N–H and O–H groups in total. The SMILES string of the molecule is CCCCCCCCCOc1ccc(/C=C/C(=O)c2ccc(SCCC)cc2)cc1. The number of unbranched alkanes of at least 4 members (excludes halogenated alkanes) is 6. The van der Waals surface area contributed by atoms with Crippen molar-refractivity contribution in [3.63, 3.8) is 0 Å². The van der Waals surface area contributed by atoms with E-state index in [1.54, 1.807) is 6.08 Å². The van der Waals surface area contributed by atoms with Crippen molar-refractivity contribution in [3.8, 4) is 5.75 Å². The molecule has 2 aromatic rings. The molecule has 0 saturated heterocycles. The van der Waals surface area contributed by atoms with E-state index in [0.717, 1.165) is 42.1 Å². The highest BCUT2D eigenvalue weighted by Gasteiger charge is 2.02. The number of thioether (sulfide) groups is 1. The number of allylic oxidation sites excluding steroid dienone is 1. The van der Waals surface area contributed by atoms with E-state index in [2.05, 4.69) is 13.8 Å². The van der Waals surface area contributed by atoms with Gasteiger partial charge in [0.25, 0.3) is 0 Å². The molecule has 2 aromatic carbocycles. The van der Waals surface area contributed by atoms with Crippen molar-refractivity contribution < 1.29 is 9.53 Å². The molecule has 0 atom stereocenters. The van der Waals surface area contributed by atoms with Crippen molar-refractivity contribution in [1.29, 1.82) is 0 Å². The van der Waals surface area contributed by atoms with Crippen molar-refractivity contribution in [3.05, 3.63) is 65.7 Å². The summed E-state index contributed by atoms with van der Waals surface area (Å²) in [5, 5.41) is 0. The Labute approximate surface area is 187 Å². The van der Waals surface area contributed by atoms with Gasteiger partial charge in [0.15, 0.2) is 5.78 Å². The molecule has 162 valence electrons. The fourth-order valence-corrected chi connectivity index (χ4v) is 3.90. The molecule has 0 heterocycles. The number of ether oxygens (including phenoxy) is 1. The highest BCUT2D eigenvalue weighted by molar-refractivity contribution is 7.99. The smallest absolute Gasteiger partial charge is 0.185 e. The van der Waals surface area contributed by atoms with Gasteiger partial charge in [-0.15, -0.1) is 11.8 Å². The van der Waals surface area contributed by atoms with Crippen LogP contribution in [0.5, 0.6) is 5.75 Å². The molecule has 2 nitrogen and oxygen atoms in total. The number of rotatable bonds is 15. The van der Waals surface area contributed by atoms with Crippen LogP contribution in [-0.2, 0) is 0 Å². The van der Waals surface area contributed by atoms with Crippen LogP contribution in [0.25, 0.3) is 6.08 Å². The minimum atomic E-state index is 0.0290. The molecule has 0 amide bonds. The quantitative estimate of drug-likeness (QED) is 0.125. The maximum absolute atomic E-state index is 12.4. The maximum atomic E-state index is 12.4. The second-order valence-corrected chi connectivity index (χ2v) is 8.78. The molecule has 0 aliphatic heterocycles. The fraction of sp³-hybridized carbons (Fsp3) is 0.444. The lowest BCUT2D eigenvalue weighted by Crippen LogP contribution is -1.97. The Morgan fingerprint density at radius 3 is 2.17 bits per heavy atom. The third-order valence-corrected chi connectivity index (χ3v) is 6.15. The number of ketones is 1. The van der Waals surface area contributed by atoms with Gasteiger partial charge in [-0.2, -0.15) is 0 Å². The average molecular weight is 425 g/mol. The second-order valence-electron chi connectivity index (χ2n) is 7.61. The summed E-state index contributed by atoms with van der Waals surface area (Å²) in [4.78, 5) is 13.6. The van der Waals surface area contributed by atoms with E-state index in [1.807, 2.05) is 66.4 Å². The zero-order valence-corrected chi connectivity index (χ0v) is 19.4. The van der Waals surface area contributed by atoms with Crippen molar-refractivity contribution in [2.24, 2.45) is 0 Å². The monoisotopic (exact) mass is 424 g/mol. The topological polar surface area (TPSA) is 26.3 Å². The summed E-state index contributed by atoms with van der Waals surface area (Å²) in [5.41, 5.74) is 1.73. The molecule has 0 unspecified atom stereocenters. The lowest BCUT2D eigenvalue weighted by Gasteiger charge is -2.06. The third-order valence-electron chi connectivity index (χ3n) is 4.94. The van der Waals surface area contributed by atoms with E-state index >= 15 is 0 Å². The highest BCUT2D eigenvalue weighted by Crippen LogP contribution is 2.20. The van der Waals surface area contributed by atoms with Gasteiger partial charge in [0.1, 0.15) is 5.75 Å². The van der Waals surface area contributed by atoms with Gasteiger partial charge in [-0.3, -0.25) is 4.79 Å². The van der Waals surface area contributed by atoms with Crippen LogP contribution in [0.2, 0.25) is 0 Å². The number of carbonyl (C=O) groups excluding carboxylic acids is 1. The van der Waals surface area contributed by atoms with Gasteiger partial charge in [-0.05, 0) is 66.6 Å². The second kappa shape index (κ2) is 14.9. The molecule has 3 heteroatoms. The van der Waals surface area contributed by atoms with Gasteiger partial charge >= 0.3 is 0 Å². The predicted octanol–water partition coefficient (Wildman–Crippen LogP) is 8.21. The fourth-order valence-electron chi connectivity index (χ4n) is 3.13. The maximum Gasteiger partial charge on any atom is 0.185 e. The molecule has 0 spiro atoms. The van der Waals surface area contributed by atoms with Crippen molar-refractivity contribution in [1.82, 2.24) is 0 Å². The first-order chi connectivity index (χ1) is 14.7. The van der Waals surface area contributed by atoms with Gasteiger partial charge in [-0.1, -0.05) is 70.6 Å². The van der Waals surface area contributed by atoms with E-state index in [9.17, 15) is 4.79 Å². The zero-order valence-electron chi connectivity index (χ0n) is 18.6. The van der Waals surface area contributed by atoms with Gasteiger partial charge in [-0.25, -0.2) is 0 Å². The lowest BCUT2D eigenvalue weighted by molar-refractivity contribution is 0.104. The summed E-state index contributed by atoms with van der Waals surface area (Å²) < 4.78 is 5.83. The Bertz CT molecular complexity index is 747. The summed E-state index contributed by atoms with van der Waals surface area (Å²) >= 11 is 1.82. The lowest BCUT2D eigenvalue weighted by atomic mass is 10.1. The first-order valence-electron chi connectivity index (χ1n) is 11.4.